The molecule has 6 rings (SSSR count). The average Bonchev–Trinajstić information content (AvgIpc) is 3.74. The molecule has 2 amide bonds. The van der Waals surface area contributed by atoms with Gasteiger partial charge in [-0.15, -0.1) is 0 Å². The molecule has 2 aromatic heterocycles. The molecule has 4 N–H and O–H groups in total. The van der Waals surface area contributed by atoms with Crippen LogP contribution in [0.15, 0.2) is 84.9 Å². The van der Waals surface area contributed by atoms with Crippen LogP contribution in [0.4, 0.5) is 0 Å². The molecule has 0 bridgehead atoms. The normalized spacial score (nSPS) is 10.8. The molecule has 0 saturated heterocycles. The number of nitriles is 2. The summed E-state index contributed by atoms with van der Waals surface area (Å²) < 4.78 is 11.7. The molecule has 0 unspecified atom stereocenters. The summed E-state index contributed by atoms with van der Waals surface area (Å²) in [7, 11) is 0. The van der Waals surface area contributed by atoms with Gasteiger partial charge in [-0.1, -0.05) is 24.3 Å². The van der Waals surface area contributed by atoms with E-state index in [0.29, 0.717) is 60.1 Å². The zero-order valence-electron chi connectivity index (χ0n) is 27.2. The molecule has 12 nitrogen and oxygen atoms in total. The van der Waals surface area contributed by atoms with Crippen LogP contribution in [0.25, 0.3) is 22.1 Å². The highest BCUT2D eigenvalue weighted by Crippen LogP contribution is 2.17. The lowest BCUT2D eigenvalue weighted by Crippen LogP contribution is -2.24. The zero-order chi connectivity index (χ0) is 34.7. The molecule has 0 aliphatic rings. The zero-order valence-corrected chi connectivity index (χ0v) is 27.2. The maximum Gasteiger partial charge on any atom is 0.227 e. The number of nitrogens with one attached hydrogen (secondary N) is 4. The van der Waals surface area contributed by atoms with Crippen LogP contribution < -0.4 is 20.1 Å². The van der Waals surface area contributed by atoms with Crippen molar-refractivity contribution in [2.45, 2.75) is 38.8 Å². The number of carbonyl (C=O) groups excluding carboxylic acids is 2. The summed E-state index contributed by atoms with van der Waals surface area (Å²) in [5.41, 5.74) is 5.86. The first-order chi connectivity index (χ1) is 24.4. The van der Waals surface area contributed by atoms with E-state index in [9.17, 15) is 9.59 Å². The number of H-pyrrole nitrogens is 2. The van der Waals surface area contributed by atoms with E-state index < -0.39 is 0 Å². The maximum atomic E-state index is 12.4. The van der Waals surface area contributed by atoms with Crippen LogP contribution >= 0.6 is 0 Å². The summed E-state index contributed by atoms with van der Waals surface area (Å²) in [5, 5.41) is 23.9. The Morgan fingerprint density at radius 3 is 1.44 bits per heavy atom. The third kappa shape index (κ3) is 9.02. The molecule has 6 aromatic rings. The van der Waals surface area contributed by atoms with Gasteiger partial charge in [0, 0.05) is 13.1 Å². The fourth-order valence-corrected chi connectivity index (χ4v) is 5.25. The number of carbonyl (C=O) groups is 2. The highest BCUT2D eigenvalue weighted by Gasteiger charge is 2.11. The van der Waals surface area contributed by atoms with Gasteiger partial charge in [-0.3, -0.25) is 9.59 Å². The first-order valence-electron chi connectivity index (χ1n) is 16.2. The number of rotatable bonds is 15. The van der Waals surface area contributed by atoms with Crippen molar-refractivity contribution >= 4 is 33.9 Å². The molecular formula is C38H34N8O4. The Bertz CT molecular complexity index is 2030. The van der Waals surface area contributed by atoms with Gasteiger partial charge in [0.15, 0.2) is 0 Å². The number of fused-ring (bicyclic) bond motifs is 2. The average molecular weight is 667 g/mol. The number of hydrogen-bond donors (Lipinski definition) is 4. The van der Waals surface area contributed by atoms with Crippen LogP contribution in [-0.4, -0.2) is 45.0 Å². The monoisotopic (exact) mass is 666 g/mol. The van der Waals surface area contributed by atoms with Gasteiger partial charge in [0.1, 0.15) is 23.1 Å². The number of amides is 2. The van der Waals surface area contributed by atoms with E-state index in [-0.39, 0.29) is 24.7 Å². The standard InChI is InChI=1S/C38H34N8O4/c39-21-27-7-13-31-33(17-27)45-35(43-31)19-37(47)41-23-25-3-9-29(10-4-25)49-15-1-2-16-50-30-11-5-26(6-12-30)24-42-38(48)20-36-44-32-14-8-28(22-40)18-34(32)46-36/h3-14,17-18H,1-2,15-16,19-20,23-24H2,(H,41,47)(H,42,48)(H,43,45)(H,44,46). The van der Waals surface area contributed by atoms with Crippen LogP contribution in [0.3, 0.4) is 0 Å². The lowest BCUT2D eigenvalue weighted by Gasteiger charge is -2.10. The van der Waals surface area contributed by atoms with E-state index >= 15 is 0 Å². The number of nitrogens with zero attached hydrogens (tertiary/aromatic N) is 4. The van der Waals surface area contributed by atoms with Gasteiger partial charge in [-0.25, -0.2) is 9.97 Å². The predicted octanol–water partition coefficient (Wildman–Crippen LogP) is 5.14. The fourth-order valence-electron chi connectivity index (χ4n) is 5.25. The van der Waals surface area contributed by atoms with Crippen molar-refractivity contribution in [3.63, 3.8) is 0 Å². The third-order valence-corrected chi connectivity index (χ3v) is 7.88. The first-order valence-corrected chi connectivity index (χ1v) is 16.2. The Balaban J connectivity index is 0.828. The van der Waals surface area contributed by atoms with Gasteiger partial charge in [0.05, 0.1) is 71.4 Å². The van der Waals surface area contributed by atoms with E-state index in [1.165, 1.54) is 0 Å². The van der Waals surface area contributed by atoms with Gasteiger partial charge in [-0.2, -0.15) is 10.5 Å². The van der Waals surface area contributed by atoms with Crippen LogP contribution in [0.5, 0.6) is 11.5 Å². The lowest BCUT2D eigenvalue weighted by atomic mass is 10.2. The lowest BCUT2D eigenvalue weighted by molar-refractivity contribution is -0.121. The largest absolute Gasteiger partial charge is 0.494 e. The van der Waals surface area contributed by atoms with Crippen molar-refractivity contribution < 1.29 is 19.1 Å². The number of imidazole rings is 2. The van der Waals surface area contributed by atoms with Crippen LogP contribution in [0.1, 0.15) is 46.7 Å². The van der Waals surface area contributed by atoms with Gasteiger partial charge >= 0.3 is 0 Å². The smallest absolute Gasteiger partial charge is 0.227 e. The van der Waals surface area contributed by atoms with Crippen molar-refractivity contribution in [1.82, 2.24) is 30.6 Å². The minimum Gasteiger partial charge on any atom is -0.494 e. The second-order valence-electron chi connectivity index (χ2n) is 11.7. The van der Waals surface area contributed by atoms with Crippen molar-refractivity contribution in [2.24, 2.45) is 0 Å². The highest BCUT2D eigenvalue weighted by molar-refractivity contribution is 5.82. The minimum absolute atomic E-state index is 0.117. The summed E-state index contributed by atoms with van der Waals surface area (Å²) in [6.07, 6.45) is 1.89. The first kappa shape index (κ1) is 33.2. The molecule has 0 saturated carbocycles. The summed E-state index contributed by atoms with van der Waals surface area (Å²) in [4.78, 5) is 39.9. The van der Waals surface area contributed by atoms with Gasteiger partial charge < -0.3 is 30.1 Å². The van der Waals surface area contributed by atoms with Crippen molar-refractivity contribution in [3.8, 4) is 23.6 Å². The van der Waals surface area contributed by atoms with Crippen molar-refractivity contribution in [1.29, 1.82) is 10.5 Å². The van der Waals surface area contributed by atoms with Gasteiger partial charge in [-0.05, 0) is 84.6 Å². The molecule has 0 fully saturated rings. The molecular weight excluding hydrogens is 632 g/mol. The Labute approximate surface area is 288 Å². The molecule has 12 heteroatoms. The summed E-state index contributed by atoms with van der Waals surface area (Å²) in [6, 6.07) is 29.8. The van der Waals surface area contributed by atoms with E-state index in [4.69, 9.17) is 20.0 Å². The summed E-state index contributed by atoms with van der Waals surface area (Å²) in [5.74, 6) is 2.31. The van der Waals surface area contributed by atoms with Gasteiger partial charge in [0.2, 0.25) is 11.8 Å². The number of ether oxygens (including phenoxy) is 2. The Kier molecular flexibility index (Phi) is 10.6. The van der Waals surface area contributed by atoms with E-state index in [0.717, 1.165) is 46.5 Å². The quantitative estimate of drug-likeness (QED) is 0.109. The molecule has 0 aliphatic carbocycles. The fraction of sp³-hybridized carbons (Fsp3) is 0.211. The Morgan fingerprint density at radius 2 is 1.04 bits per heavy atom. The molecule has 0 spiro atoms. The maximum absolute atomic E-state index is 12.4. The molecule has 2 heterocycles. The third-order valence-electron chi connectivity index (χ3n) is 7.88. The topological polar surface area (TPSA) is 182 Å². The van der Waals surface area contributed by atoms with E-state index in [2.05, 4.69) is 42.7 Å². The number of hydrogen-bond acceptors (Lipinski definition) is 8. The molecule has 50 heavy (non-hydrogen) atoms. The van der Waals surface area contributed by atoms with E-state index in [1.54, 1.807) is 36.4 Å². The second-order valence-corrected chi connectivity index (χ2v) is 11.7. The molecule has 0 atom stereocenters. The summed E-state index contributed by atoms with van der Waals surface area (Å²) in [6.45, 7) is 1.89. The highest BCUT2D eigenvalue weighted by atomic mass is 16.5. The molecule has 0 radical (unpaired) electrons. The van der Waals surface area contributed by atoms with Crippen LogP contribution in [-0.2, 0) is 35.5 Å². The minimum atomic E-state index is -0.152. The number of aromatic nitrogens is 4. The predicted molar refractivity (Wildman–Crippen MR) is 186 cm³/mol. The second kappa shape index (κ2) is 16.0. The number of benzene rings is 4. The van der Waals surface area contributed by atoms with Crippen molar-refractivity contribution in [3.05, 3.63) is 119 Å². The number of unbranched alkanes of at least 4 members (excludes halogenated alkanes) is 1. The Morgan fingerprint density at radius 1 is 0.620 bits per heavy atom. The molecule has 4 aromatic carbocycles. The van der Waals surface area contributed by atoms with Crippen LogP contribution in [0, 0.1) is 22.7 Å². The van der Waals surface area contributed by atoms with Gasteiger partial charge in [0.25, 0.3) is 0 Å². The van der Waals surface area contributed by atoms with Crippen molar-refractivity contribution in [2.75, 3.05) is 13.2 Å². The number of aromatic amines is 2. The van der Waals surface area contributed by atoms with Crippen LogP contribution in [0.2, 0.25) is 0 Å². The van der Waals surface area contributed by atoms with E-state index in [1.807, 2.05) is 48.5 Å². The molecule has 250 valence electrons. The summed E-state index contributed by atoms with van der Waals surface area (Å²) >= 11 is 0. The SMILES string of the molecule is N#Cc1ccc2[nH]c(CC(=O)NCc3ccc(OCCCCOc4ccc(CNC(=O)Cc5nc6cc(C#N)ccc6[nH]5)cc4)cc3)nc2c1. The Hall–Kier alpha value is -6.66. The molecule has 0 aliphatic heterocycles.